The molecule has 1 spiro atoms. The highest BCUT2D eigenvalue weighted by molar-refractivity contribution is 5.76. The molecule has 1 N–H and O–H groups in total. The number of hydrogen-bond acceptors (Lipinski definition) is 5. The highest BCUT2D eigenvalue weighted by Gasteiger charge is 2.43. The van der Waals surface area contributed by atoms with E-state index in [2.05, 4.69) is 20.2 Å². The summed E-state index contributed by atoms with van der Waals surface area (Å²) in [6.45, 7) is 6.51. The molecule has 0 saturated carbocycles. The van der Waals surface area contributed by atoms with Gasteiger partial charge in [-0.1, -0.05) is 0 Å². The van der Waals surface area contributed by atoms with Crippen molar-refractivity contribution < 1.29 is 9.53 Å². The van der Waals surface area contributed by atoms with Crippen molar-refractivity contribution in [2.75, 3.05) is 24.6 Å². The summed E-state index contributed by atoms with van der Waals surface area (Å²) < 4.78 is 6.14. The van der Waals surface area contributed by atoms with E-state index in [1.54, 1.807) is 12.4 Å². The SMILES string of the molecule is CC(C)NC(=O)C[C@@H]1COC2(CCN(c3ncccn3)CC2)C1. The Morgan fingerprint density at radius 1 is 1.39 bits per heavy atom. The van der Waals surface area contributed by atoms with E-state index < -0.39 is 0 Å². The molecule has 1 amide bonds. The lowest BCUT2D eigenvalue weighted by molar-refractivity contribution is -0.122. The van der Waals surface area contributed by atoms with E-state index in [0.717, 1.165) is 38.3 Å². The molecule has 1 aromatic rings. The first-order chi connectivity index (χ1) is 11.1. The molecular weight excluding hydrogens is 292 g/mol. The molecule has 6 heteroatoms. The highest BCUT2D eigenvalue weighted by atomic mass is 16.5. The number of amides is 1. The average molecular weight is 318 g/mol. The Balaban J connectivity index is 1.50. The van der Waals surface area contributed by atoms with E-state index in [0.29, 0.717) is 18.9 Å². The Labute approximate surface area is 137 Å². The predicted octanol–water partition coefficient (Wildman–Crippen LogP) is 1.77. The number of nitrogens with zero attached hydrogens (tertiary/aromatic N) is 3. The summed E-state index contributed by atoms with van der Waals surface area (Å²) >= 11 is 0. The lowest BCUT2D eigenvalue weighted by Gasteiger charge is -2.38. The Hall–Kier alpha value is -1.69. The fraction of sp³-hybridized carbons (Fsp3) is 0.706. The lowest BCUT2D eigenvalue weighted by Crippen LogP contribution is -2.44. The Morgan fingerprint density at radius 2 is 2.09 bits per heavy atom. The summed E-state index contributed by atoms with van der Waals surface area (Å²) in [5.74, 6) is 1.28. The van der Waals surface area contributed by atoms with Gasteiger partial charge in [0.25, 0.3) is 0 Å². The van der Waals surface area contributed by atoms with Gasteiger partial charge in [-0.05, 0) is 45.1 Å². The average Bonchev–Trinajstić information content (AvgIpc) is 2.90. The lowest BCUT2D eigenvalue weighted by atomic mass is 9.84. The van der Waals surface area contributed by atoms with Crippen molar-refractivity contribution in [3.8, 4) is 0 Å². The van der Waals surface area contributed by atoms with E-state index in [9.17, 15) is 4.79 Å². The molecule has 1 aromatic heterocycles. The Bertz CT molecular complexity index is 527. The number of aromatic nitrogens is 2. The summed E-state index contributed by atoms with van der Waals surface area (Å²) in [5, 5.41) is 2.97. The van der Waals surface area contributed by atoms with Crippen LogP contribution in [0.2, 0.25) is 0 Å². The zero-order valence-corrected chi connectivity index (χ0v) is 14.0. The van der Waals surface area contributed by atoms with E-state index in [1.165, 1.54) is 0 Å². The minimum absolute atomic E-state index is 0.0476. The first-order valence-electron chi connectivity index (χ1n) is 8.52. The second kappa shape index (κ2) is 6.83. The highest BCUT2D eigenvalue weighted by Crippen LogP contribution is 2.40. The van der Waals surface area contributed by atoms with Crippen molar-refractivity contribution in [3.63, 3.8) is 0 Å². The van der Waals surface area contributed by atoms with Crippen LogP contribution in [0, 0.1) is 5.92 Å². The number of piperidine rings is 1. The molecule has 126 valence electrons. The summed E-state index contributed by atoms with van der Waals surface area (Å²) in [5.41, 5.74) is -0.0476. The summed E-state index contributed by atoms with van der Waals surface area (Å²) in [7, 11) is 0. The molecule has 1 atom stereocenters. The second-order valence-electron chi connectivity index (χ2n) is 7.03. The Morgan fingerprint density at radius 3 is 2.74 bits per heavy atom. The summed E-state index contributed by atoms with van der Waals surface area (Å²) in [6.07, 6.45) is 7.08. The minimum Gasteiger partial charge on any atom is -0.375 e. The standard InChI is InChI=1S/C17H26N4O2/c1-13(2)20-15(22)10-14-11-17(23-12-14)4-8-21(9-5-17)16-18-6-3-7-19-16/h3,6-7,13-14H,4-5,8-12H2,1-2H3,(H,20,22)/t14-/m0/s1. The van der Waals surface area contributed by atoms with Gasteiger partial charge in [0, 0.05) is 37.9 Å². The van der Waals surface area contributed by atoms with Gasteiger partial charge in [0.2, 0.25) is 11.9 Å². The van der Waals surface area contributed by atoms with Crippen LogP contribution in [-0.4, -0.2) is 47.2 Å². The number of carbonyl (C=O) groups excluding carboxylic acids is 1. The van der Waals surface area contributed by atoms with Crippen LogP contribution >= 0.6 is 0 Å². The second-order valence-corrected chi connectivity index (χ2v) is 7.03. The van der Waals surface area contributed by atoms with Crippen molar-refractivity contribution in [1.29, 1.82) is 0 Å². The van der Waals surface area contributed by atoms with Crippen LogP contribution in [0.5, 0.6) is 0 Å². The molecule has 2 fully saturated rings. The molecule has 3 heterocycles. The molecule has 2 aliphatic heterocycles. The quantitative estimate of drug-likeness (QED) is 0.916. The smallest absolute Gasteiger partial charge is 0.225 e. The van der Waals surface area contributed by atoms with Gasteiger partial charge in [-0.3, -0.25) is 4.79 Å². The molecule has 2 aliphatic rings. The summed E-state index contributed by atoms with van der Waals surface area (Å²) in [4.78, 5) is 22.8. The predicted molar refractivity (Wildman–Crippen MR) is 88.2 cm³/mol. The van der Waals surface area contributed by atoms with Gasteiger partial charge in [-0.2, -0.15) is 0 Å². The number of ether oxygens (including phenoxy) is 1. The summed E-state index contributed by atoms with van der Waals surface area (Å²) in [6, 6.07) is 2.04. The van der Waals surface area contributed by atoms with Gasteiger partial charge >= 0.3 is 0 Å². The number of anilines is 1. The normalized spacial score (nSPS) is 23.4. The maximum Gasteiger partial charge on any atom is 0.225 e. The van der Waals surface area contributed by atoms with Crippen LogP contribution < -0.4 is 10.2 Å². The number of rotatable bonds is 4. The third-order valence-corrected chi connectivity index (χ3v) is 4.72. The Kier molecular flexibility index (Phi) is 4.80. The largest absolute Gasteiger partial charge is 0.375 e. The molecule has 0 radical (unpaired) electrons. The third-order valence-electron chi connectivity index (χ3n) is 4.72. The number of carbonyl (C=O) groups is 1. The van der Waals surface area contributed by atoms with Crippen molar-refractivity contribution in [3.05, 3.63) is 18.5 Å². The van der Waals surface area contributed by atoms with E-state index in [1.807, 2.05) is 19.9 Å². The van der Waals surface area contributed by atoms with E-state index in [4.69, 9.17) is 4.74 Å². The molecule has 6 nitrogen and oxygen atoms in total. The van der Waals surface area contributed by atoms with Crippen molar-refractivity contribution in [1.82, 2.24) is 15.3 Å². The maximum atomic E-state index is 11.9. The van der Waals surface area contributed by atoms with E-state index in [-0.39, 0.29) is 17.6 Å². The fourth-order valence-electron chi connectivity index (χ4n) is 3.63. The molecule has 0 aliphatic carbocycles. The van der Waals surface area contributed by atoms with Gasteiger partial charge in [0.05, 0.1) is 12.2 Å². The van der Waals surface area contributed by atoms with Crippen molar-refractivity contribution in [2.24, 2.45) is 5.92 Å². The maximum absolute atomic E-state index is 11.9. The van der Waals surface area contributed by atoms with Crippen LogP contribution in [0.4, 0.5) is 5.95 Å². The first kappa shape index (κ1) is 16.2. The number of hydrogen-bond donors (Lipinski definition) is 1. The van der Waals surface area contributed by atoms with Crippen LogP contribution in [0.3, 0.4) is 0 Å². The zero-order valence-electron chi connectivity index (χ0n) is 14.0. The minimum atomic E-state index is -0.0476. The monoisotopic (exact) mass is 318 g/mol. The fourth-order valence-corrected chi connectivity index (χ4v) is 3.63. The zero-order chi connectivity index (χ0) is 16.3. The van der Waals surface area contributed by atoms with Gasteiger partial charge in [0.1, 0.15) is 0 Å². The first-order valence-corrected chi connectivity index (χ1v) is 8.52. The van der Waals surface area contributed by atoms with Gasteiger partial charge in [-0.15, -0.1) is 0 Å². The molecular formula is C17H26N4O2. The van der Waals surface area contributed by atoms with Crippen molar-refractivity contribution in [2.45, 2.75) is 51.2 Å². The molecule has 2 saturated heterocycles. The van der Waals surface area contributed by atoms with Crippen molar-refractivity contribution >= 4 is 11.9 Å². The van der Waals surface area contributed by atoms with E-state index >= 15 is 0 Å². The molecule has 0 unspecified atom stereocenters. The molecule has 0 bridgehead atoms. The molecule has 23 heavy (non-hydrogen) atoms. The van der Waals surface area contributed by atoms with Crippen LogP contribution in [-0.2, 0) is 9.53 Å². The third kappa shape index (κ3) is 3.99. The molecule has 3 rings (SSSR count). The van der Waals surface area contributed by atoms with Crippen LogP contribution in [0.1, 0.15) is 39.5 Å². The van der Waals surface area contributed by atoms with Gasteiger partial charge in [0.15, 0.2) is 0 Å². The van der Waals surface area contributed by atoms with Gasteiger partial charge < -0.3 is 15.0 Å². The molecule has 0 aromatic carbocycles. The van der Waals surface area contributed by atoms with Crippen LogP contribution in [0.25, 0.3) is 0 Å². The topological polar surface area (TPSA) is 67.3 Å². The number of nitrogens with one attached hydrogen (secondary N) is 1. The van der Waals surface area contributed by atoms with Crippen LogP contribution in [0.15, 0.2) is 18.5 Å². The van der Waals surface area contributed by atoms with Gasteiger partial charge in [-0.25, -0.2) is 9.97 Å².